The van der Waals surface area contributed by atoms with E-state index in [1.54, 1.807) is 12.1 Å². The van der Waals surface area contributed by atoms with Crippen molar-refractivity contribution < 1.29 is 23.0 Å². The molecule has 2 rings (SSSR count). The van der Waals surface area contributed by atoms with Gasteiger partial charge in [-0.2, -0.15) is 8.78 Å². The van der Waals surface area contributed by atoms with Crippen molar-refractivity contribution in [3.63, 3.8) is 0 Å². The summed E-state index contributed by atoms with van der Waals surface area (Å²) in [4.78, 5) is 0. The lowest BCUT2D eigenvalue weighted by atomic mass is 10.0. The summed E-state index contributed by atoms with van der Waals surface area (Å²) in [6.07, 6.45) is 0. The Kier molecular flexibility index (Phi) is 4.06. The zero-order chi connectivity index (χ0) is 13.8. The summed E-state index contributed by atoms with van der Waals surface area (Å²) < 4.78 is 42.5. The number of halogens is 3. The monoisotopic (exact) mass is 268 g/mol. The average molecular weight is 268 g/mol. The normalized spacial score (nSPS) is 10.8. The van der Waals surface area contributed by atoms with Crippen LogP contribution < -0.4 is 4.74 Å². The Hall–Kier alpha value is -2.01. The molecule has 0 atom stereocenters. The lowest BCUT2D eigenvalue weighted by Crippen LogP contribution is -2.04. The molecule has 0 saturated heterocycles. The number of hydrogen-bond acceptors (Lipinski definition) is 2. The van der Waals surface area contributed by atoms with Crippen LogP contribution in [0.5, 0.6) is 5.75 Å². The molecule has 0 aliphatic carbocycles. The third-order valence-electron chi connectivity index (χ3n) is 2.64. The van der Waals surface area contributed by atoms with Crippen molar-refractivity contribution >= 4 is 0 Å². The zero-order valence-electron chi connectivity index (χ0n) is 9.82. The van der Waals surface area contributed by atoms with Crippen molar-refractivity contribution in [3.8, 4) is 16.9 Å². The first kappa shape index (κ1) is 13.4. The van der Waals surface area contributed by atoms with Gasteiger partial charge in [-0.25, -0.2) is 4.39 Å². The number of alkyl halides is 2. The molecule has 100 valence electrons. The highest BCUT2D eigenvalue weighted by molar-refractivity contribution is 5.66. The van der Waals surface area contributed by atoms with Gasteiger partial charge in [0.25, 0.3) is 0 Å². The number of rotatable bonds is 4. The van der Waals surface area contributed by atoms with Gasteiger partial charge in [0.05, 0.1) is 6.61 Å². The van der Waals surface area contributed by atoms with Gasteiger partial charge in [-0.15, -0.1) is 0 Å². The number of ether oxygens (including phenoxy) is 1. The molecular weight excluding hydrogens is 257 g/mol. The summed E-state index contributed by atoms with van der Waals surface area (Å²) in [5, 5.41) is 9.05. The van der Waals surface area contributed by atoms with Gasteiger partial charge in [-0.3, -0.25) is 0 Å². The second kappa shape index (κ2) is 5.75. The number of aliphatic hydroxyl groups excluding tert-OH is 1. The molecule has 5 heteroatoms. The van der Waals surface area contributed by atoms with Crippen LogP contribution in [-0.4, -0.2) is 11.7 Å². The maximum atomic E-state index is 13.6. The van der Waals surface area contributed by atoms with Gasteiger partial charge in [0, 0.05) is 11.1 Å². The van der Waals surface area contributed by atoms with Crippen LogP contribution in [0.15, 0.2) is 42.5 Å². The fourth-order valence-corrected chi connectivity index (χ4v) is 1.75. The minimum absolute atomic E-state index is 0.154. The van der Waals surface area contributed by atoms with Crippen molar-refractivity contribution in [2.24, 2.45) is 0 Å². The summed E-state index contributed by atoms with van der Waals surface area (Å²) in [6.45, 7) is -3.43. The summed E-state index contributed by atoms with van der Waals surface area (Å²) in [5.74, 6) is -0.611. The molecule has 0 unspecified atom stereocenters. The van der Waals surface area contributed by atoms with E-state index in [4.69, 9.17) is 5.11 Å². The Morgan fingerprint density at radius 1 is 1.11 bits per heavy atom. The smallest absolute Gasteiger partial charge is 0.387 e. The summed E-state index contributed by atoms with van der Waals surface area (Å²) in [6, 6.07) is 10.3. The van der Waals surface area contributed by atoms with Gasteiger partial charge in [0.15, 0.2) is 0 Å². The van der Waals surface area contributed by atoms with Crippen LogP contribution in [0.3, 0.4) is 0 Å². The van der Waals surface area contributed by atoms with Crippen molar-refractivity contribution in [2.45, 2.75) is 13.2 Å². The molecule has 0 amide bonds. The molecule has 19 heavy (non-hydrogen) atoms. The molecule has 2 aromatic carbocycles. The molecular formula is C14H11F3O2. The third kappa shape index (κ3) is 3.06. The largest absolute Gasteiger partial charge is 0.434 e. The van der Waals surface area contributed by atoms with Gasteiger partial charge in [0.1, 0.15) is 11.6 Å². The number of aliphatic hydroxyl groups is 1. The standard InChI is InChI=1S/C14H11F3O2/c15-12-4-2-1-3-11(12)9-5-6-10(8-18)13(7-9)19-14(16)17/h1-7,14,18H,8H2. The van der Waals surface area contributed by atoms with E-state index in [0.717, 1.165) is 0 Å². The second-order valence-corrected chi connectivity index (χ2v) is 3.84. The summed E-state index contributed by atoms with van der Waals surface area (Å²) in [5.41, 5.74) is 0.914. The number of benzene rings is 2. The quantitative estimate of drug-likeness (QED) is 0.918. The molecule has 0 radical (unpaired) electrons. The molecule has 0 aliphatic rings. The Morgan fingerprint density at radius 3 is 2.47 bits per heavy atom. The molecule has 2 nitrogen and oxygen atoms in total. The van der Waals surface area contributed by atoms with E-state index in [1.165, 1.54) is 30.3 Å². The van der Waals surface area contributed by atoms with Crippen LogP contribution in [0, 0.1) is 5.82 Å². The summed E-state index contributed by atoms with van der Waals surface area (Å²) >= 11 is 0. The molecule has 0 fully saturated rings. The maximum absolute atomic E-state index is 13.6. The minimum Gasteiger partial charge on any atom is -0.434 e. The van der Waals surface area contributed by atoms with E-state index in [0.29, 0.717) is 5.56 Å². The lowest BCUT2D eigenvalue weighted by molar-refractivity contribution is -0.0509. The second-order valence-electron chi connectivity index (χ2n) is 3.84. The van der Waals surface area contributed by atoms with Crippen LogP contribution in [0.2, 0.25) is 0 Å². The van der Waals surface area contributed by atoms with Crippen LogP contribution in [-0.2, 0) is 6.61 Å². The molecule has 0 heterocycles. The summed E-state index contributed by atoms with van der Waals surface area (Å²) in [7, 11) is 0. The van der Waals surface area contributed by atoms with E-state index in [9.17, 15) is 13.2 Å². The van der Waals surface area contributed by atoms with E-state index in [-0.39, 0.29) is 16.9 Å². The molecule has 0 saturated carbocycles. The fraction of sp³-hybridized carbons (Fsp3) is 0.143. The van der Waals surface area contributed by atoms with Crippen molar-refractivity contribution in [3.05, 3.63) is 53.8 Å². The SMILES string of the molecule is OCc1ccc(-c2ccccc2F)cc1OC(F)F. The number of hydrogen-bond donors (Lipinski definition) is 1. The molecule has 1 N–H and O–H groups in total. The lowest BCUT2D eigenvalue weighted by Gasteiger charge is -2.11. The average Bonchev–Trinajstić information content (AvgIpc) is 2.38. The topological polar surface area (TPSA) is 29.5 Å². The van der Waals surface area contributed by atoms with E-state index >= 15 is 0 Å². The van der Waals surface area contributed by atoms with Gasteiger partial charge >= 0.3 is 6.61 Å². The molecule has 0 aliphatic heterocycles. The highest BCUT2D eigenvalue weighted by Gasteiger charge is 2.12. The molecule has 0 aromatic heterocycles. The Morgan fingerprint density at radius 2 is 1.84 bits per heavy atom. The maximum Gasteiger partial charge on any atom is 0.387 e. The van der Waals surface area contributed by atoms with Crippen molar-refractivity contribution in [1.82, 2.24) is 0 Å². The predicted octanol–water partition coefficient (Wildman–Crippen LogP) is 3.59. The van der Waals surface area contributed by atoms with Gasteiger partial charge < -0.3 is 9.84 Å². The first-order valence-electron chi connectivity index (χ1n) is 5.55. The van der Waals surface area contributed by atoms with E-state index in [1.807, 2.05) is 0 Å². The minimum atomic E-state index is -3.00. The van der Waals surface area contributed by atoms with Crippen LogP contribution in [0.4, 0.5) is 13.2 Å². The van der Waals surface area contributed by atoms with E-state index in [2.05, 4.69) is 4.74 Å². The van der Waals surface area contributed by atoms with Gasteiger partial charge in [0.2, 0.25) is 0 Å². The Balaban J connectivity index is 2.46. The van der Waals surface area contributed by atoms with Crippen molar-refractivity contribution in [2.75, 3.05) is 0 Å². The third-order valence-corrected chi connectivity index (χ3v) is 2.64. The van der Waals surface area contributed by atoms with Crippen LogP contribution >= 0.6 is 0 Å². The molecule has 2 aromatic rings. The Bertz CT molecular complexity index is 570. The van der Waals surface area contributed by atoms with Crippen LogP contribution in [0.1, 0.15) is 5.56 Å². The zero-order valence-corrected chi connectivity index (χ0v) is 9.82. The van der Waals surface area contributed by atoms with Gasteiger partial charge in [-0.05, 0) is 17.7 Å². The molecule has 0 bridgehead atoms. The first-order valence-corrected chi connectivity index (χ1v) is 5.55. The first-order chi connectivity index (χ1) is 9.11. The predicted molar refractivity (Wildman–Crippen MR) is 64.4 cm³/mol. The van der Waals surface area contributed by atoms with Crippen molar-refractivity contribution in [1.29, 1.82) is 0 Å². The van der Waals surface area contributed by atoms with Crippen LogP contribution in [0.25, 0.3) is 11.1 Å². The fourth-order valence-electron chi connectivity index (χ4n) is 1.75. The molecule has 0 spiro atoms. The van der Waals surface area contributed by atoms with Gasteiger partial charge in [-0.1, -0.05) is 30.3 Å². The highest BCUT2D eigenvalue weighted by Crippen LogP contribution is 2.30. The Labute approximate surface area is 108 Å². The highest BCUT2D eigenvalue weighted by atomic mass is 19.3. The van der Waals surface area contributed by atoms with E-state index < -0.39 is 19.0 Å².